The third-order valence-electron chi connectivity index (χ3n) is 2.03. The van der Waals surface area contributed by atoms with E-state index in [4.69, 9.17) is 11.6 Å². The number of ether oxygens (including phenoxy) is 1. The minimum Gasteiger partial charge on any atom is -0.465 e. The van der Waals surface area contributed by atoms with Crippen LogP contribution in [0, 0.1) is 0 Å². The number of methoxy groups -OCH3 is 1. The monoisotopic (exact) mass is 304 g/mol. The maximum atomic E-state index is 11.9. The van der Waals surface area contributed by atoms with Gasteiger partial charge in [-0.2, -0.15) is 0 Å². The van der Waals surface area contributed by atoms with Gasteiger partial charge in [-0.3, -0.25) is 4.79 Å². The van der Waals surface area contributed by atoms with Crippen LogP contribution in [0.1, 0.15) is 27.6 Å². The van der Waals surface area contributed by atoms with Crippen LogP contribution in [0.2, 0.25) is 5.02 Å². The highest BCUT2D eigenvalue weighted by Gasteiger charge is 2.23. The van der Waals surface area contributed by atoms with Crippen LogP contribution in [0.5, 0.6) is 0 Å². The average molecular weight is 306 g/mol. The highest BCUT2D eigenvalue weighted by atomic mass is 79.9. The van der Waals surface area contributed by atoms with Crippen LogP contribution in [-0.2, 0) is 4.74 Å². The van der Waals surface area contributed by atoms with Gasteiger partial charge in [-0.15, -0.1) is 0 Å². The Morgan fingerprint density at radius 2 is 2.06 bits per heavy atom. The van der Waals surface area contributed by atoms with Crippen molar-refractivity contribution in [1.29, 1.82) is 0 Å². The highest BCUT2D eigenvalue weighted by molar-refractivity contribution is 9.10. The molecular formula is C11H10BrClO3. The first-order valence-electron chi connectivity index (χ1n) is 4.54. The molecule has 0 N–H and O–H groups in total. The number of hydrogen-bond donors (Lipinski definition) is 0. The summed E-state index contributed by atoms with van der Waals surface area (Å²) in [5.41, 5.74) is 0.381. The zero-order valence-electron chi connectivity index (χ0n) is 8.79. The molecule has 0 radical (unpaired) electrons. The van der Waals surface area contributed by atoms with Gasteiger partial charge in [0.15, 0.2) is 5.78 Å². The van der Waals surface area contributed by atoms with E-state index in [2.05, 4.69) is 20.7 Å². The molecule has 16 heavy (non-hydrogen) atoms. The van der Waals surface area contributed by atoms with Gasteiger partial charge in [-0.05, 0) is 19.1 Å². The largest absolute Gasteiger partial charge is 0.465 e. The van der Waals surface area contributed by atoms with Gasteiger partial charge in [-0.25, -0.2) is 4.79 Å². The lowest BCUT2D eigenvalue weighted by Gasteiger charge is -2.10. The molecule has 86 valence electrons. The third-order valence-corrected chi connectivity index (χ3v) is 2.76. The summed E-state index contributed by atoms with van der Waals surface area (Å²) in [5.74, 6) is -0.815. The van der Waals surface area contributed by atoms with Crippen LogP contribution >= 0.6 is 27.5 Å². The van der Waals surface area contributed by atoms with E-state index in [9.17, 15) is 9.59 Å². The smallest absolute Gasteiger partial charge is 0.338 e. The number of benzene rings is 1. The number of carbonyl (C=O) groups is 2. The van der Waals surface area contributed by atoms with Crippen LogP contribution in [0.4, 0.5) is 0 Å². The normalized spacial score (nSPS) is 12.0. The molecule has 1 aromatic carbocycles. The topological polar surface area (TPSA) is 43.4 Å². The summed E-state index contributed by atoms with van der Waals surface area (Å²) in [6, 6.07) is 4.68. The minimum atomic E-state index is -0.570. The molecule has 0 bridgehead atoms. The molecule has 1 rings (SSSR count). The Kier molecular flexibility index (Phi) is 4.50. The predicted octanol–water partition coefficient (Wildman–Crippen LogP) is 3.09. The summed E-state index contributed by atoms with van der Waals surface area (Å²) in [5, 5.41) is 0.249. The number of alkyl halides is 1. The number of rotatable bonds is 3. The Morgan fingerprint density at radius 3 is 2.56 bits per heavy atom. The van der Waals surface area contributed by atoms with E-state index in [0.29, 0.717) is 0 Å². The first-order chi connectivity index (χ1) is 7.49. The van der Waals surface area contributed by atoms with Gasteiger partial charge < -0.3 is 4.74 Å². The summed E-state index contributed by atoms with van der Waals surface area (Å²) in [7, 11) is 1.26. The minimum absolute atomic E-state index is 0.186. The maximum Gasteiger partial charge on any atom is 0.338 e. The number of hydrogen-bond acceptors (Lipinski definition) is 3. The summed E-state index contributed by atoms with van der Waals surface area (Å²) in [6.07, 6.45) is 0. The summed E-state index contributed by atoms with van der Waals surface area (Å²) in [4.78, 5) is 22.9. The summed E-state index contributed by atoms with van der Waals surface area (Å²) >= 11 is 9.08. The van der Waals surface area contributed by atoms with Crippen LogP contribution < -0.4 is 0 Å². The lowest BCUT2D eigenvalue weighted by molar-refractivity contribution is 0.0597. The summed E-state index contributed by atoms with van der Waals surface area (Å²) in [6.45, 7) is 1.67. The fourth-order valence-corrected chi connectivity index (χ4v) is 1.75. The van der Waals surface area contributed by atoms with Gasteiger partial charge in [0.05, 0.1) is 28.1 Å². The number of esters is 1. The van der Waals surface area contributed by atoms with Gasteiger partial charge >= 0.3 is 5.97 Å². The predicted molar refractivity (Wildman–Crippen MR) is 65.5 cm³/mol. The van der Waals surface area contributed by atoms with Crippen LogP contribution in [0.3, 0.4) is 0 Å². The fraction of sp³-hybridized carbons (Fsp3) is 0.273. The number of halogens is 2. The Bertz CT molecular complexity index is 429. The molecule has 5 heteroatoms. The lowest BCUT2D eigenvalue weighted by atomic mass is 10.0. The molecule has 0 aromatic heterocycles. The molecule has 3 nitrogen and oxygen atoms in total. The molecule has 0 aliphatic carbocycles. The molecule has 0 aliphatic heterocycles. The van der Waals surface area contributed by atoms with Crippen molar-refractivity contribution in [2.75, 3.05) is 7.11 Å². The van der Waals surface area contributed by atoms with Crippen molar-refractivity contribution in [2.45, 2.75) is 11.8 Å². The van der Waals surface area contributed by atoms with E-state index >= 15 is 0 Å². The molecule has 0 saturated carbocycles. The number of carbonyl (C=O) groups excluding carboxylic acids is 2. The van der Waals surface area contributed by atoms with Crippen LogP contribution in [0.25, 0.3) is 0 Å². The Hall–Kier alpha value is -0.870. The Balaban J connectivity index is 3.35. The van der Waals surface area contributed by atoms with Crippen molar-refractivity contribution in [3.8, 4) is 0 Å². The van der Waals surface area contributed by atoms with Crippen LogP contribution in [-0.4, -0.2) is 23.7 Å². The van der Waals surface area contributed by atoms with Gasteiger partial charge in [0, 0.05) is 0 Å². The molecule has 0 fully saturated rings. The summed E-state index contributed by atoms with van der Waals surface area (Å²) < 4.78 is 4.60. The van der Waals surface area contributed by atoms with Crippen molar-refractivity contribution in [1.82, 2.24) is 0 Å². The molecule has 0 saturated heterocycles. The van der Waals surface area contributed by atoms with E-state index < -0.39 is 10.8 Å². The van der Waals surface area contributed by atoms with Gasteiger partial charge in [0.25, 0.3) is 0 Å². The van der Waals surface area contributed by atoms with Crippen molar-refractivity contribution in [3.05, 3.63) is 34.3 Å². The molecule has 1 atom stereocenters. The average Bonchev–Trinajstić information content (AvgIpc) is 2.26. The number of Topliss-reactive ketones (excluding diaryl/α,β-unsaturated/α-hetero) is 1. The molecule has 1 unspecified atom stereocenters. The van der Waals surface area contributed by atoms with Crippen LogP contribution in [0.15, 0.2) is 18.2 Å². The van der Waals surface area contributed by atoms with Gasteiger partial charge in [-0.1, -0.05) is 33.6 Å². The van der Waals surface area contributed by atoms with Crippen molar-refractivity contribution < 1.29 is 14.3 Å². The molecule has 0 aliphatic rings. The quantitative estimate of drug-likeness (QED) is 0.489. The standard InChI is InChI=1S/C11H10BrClO3/c1-6(12)10(14)9-7(11(15)16-2)4-3-5-8(9)13/h3-6H,1-2H3. The van der Waals surface area contributed by atoms with E-state index in [0.717, 1.165) is 0 Å². The molecule has 0 heterocycles. The SMILES string of the molecule is COC(=O)c1cccc(Cl)c1C(=O)C(C)Br. The zero-order valence-corrected chi connectivity index (χ0v) is 11.1. The Labute approximate surface area is 107 Å². The molecule has 0 amide bonds. The van der Waals surface area contributed by atoms with Crippen molar-refractivity contribution in [2.24, 2.45) is 0 Å². The molecule has 0 spiro atoms. The van der Waals surface area contributed by atoms with E-state index in [1.54, 1.807) is 19.1 Å². The fourth-order valence-electron chi connectivity index (χ4n) is 1.25. The Morgan fingerprint density at radius 1 is 1.44 bits per heavy atom. The second kappa shape index (κ2) is 5.46. The van der Waals surface area contributed by atoms with Gasteiger partial charge in [0.2, 0.25) is 0 Å². The highest BCUT2D eigenvalue weighted by Crippen LogP contribution is 2.24. The lowest BCUT2D eigenvalue weighted by Crippen LogP contribution is -2.16. The van der Waals surface area contributed by atoms with E-state index in [1.807, 2.05) is 0 Å². The maximum absolute atomic E-state index is 11.9. The number of ketones is 1. The zero-order chi connectivity index (χ0) is 12.3. The molecule has 1 aromatic rings. The second-order valence-corrected chi connectivity index (χ2v) is 4.91. The van der Waals surface area contributed by atoms with Crippen molar-refractivity contribution >= 4 is 39.3 Å². The van der Waals surface area contributed by atoms with Crippen molar-refractivity contribution in [3.63, 3.8) is 0 Å². The van der Waals surface area contributed by atoms with E-state index in [1.165, 1.54) is 13.2 Å². The first kappa shape index (κ1) is 13.2. The third kappa shape index (κ3) is 2.62. The second-order valence-electron chi connectivity index (χ2n) is 3.13. The molecular weight excluding hydrogens is 295 g/mol. The van der Waals surface area contributed by atoms with Gasteiger partial charge in [0.1, 0.15) is 0 Å². The first-order valence-corrected chi connectivity index (χ1v) is 5.83. The van der Waals surface area contributed by atoms with E-state index in [-0.39, 0.29) is 21.9 Å².